The molecule has 1 aromatic heterocycles. The lowest BCUT2D eigenvalue weighted by molar-refractivity contribution is -0.384. The number of non-ortho nitro benzene ring substituents is 1. The summed E-state index contributed by atoms with van der Waals surface area (Å²) in [6, 6.07) is 7.96. The van der Waals surface area contributed by atoms with E-state index in [0.717, 1.165) is 11.3 Å². The SMILES string of the molecule is O=[N+]([O-])c1ccc(NS(=O)(=O)c2ccc(Cl)s2)cc1. The normalized spacial score (nSPS) is 11.2. The molecule has 2 aromatic rings. The van der Waals surface area contributed by atoms with Gasteiger partial charge in [0.15, 0.2) is 0 Å². The molecule has 100 valence electrons. The summed E-state index contributed by atoms with van der Waals surface area (Å²) in [4.78, 5) is 9.92. The van der Waals surface area contributed by atoms with Gasteiger partial charge in [0, 0.05) is 17.8 Å². The minimum atomic E-state index is -3.71. The van der Waals surface area contributed by atoms with Crippen molar-refractivity contribution in [2.24, 2.45) is 0 Å². The lowest BCUT2D eigenvalue weighted by Crippen LogP contribution is -2.11. The van der Waals surface area contributed by atoms with Gasteiger partial charge in [0.2, 0.25) is 0 Å². The van der Waals surface area contributed by atoms with Gasteiger partial charge in [0.1, 0.15) is 4.21 Å². The fourth-order valence-electron chi connectivity index (χ4n) is 1.30. The summed E-state index contributed by atoms with van der Waals surface area (Å²) in [6.07, 6.45) is 0. The molecule has 0 bridgehead atoms. The molecule has 1 N–H and O–H groups in total. The van der Waals surface area contributed by atoms with Crippen LogP contribution in [-0.2, 0) is 10.0 Å². The lowest BCUT2D eigenvalue weighted by Gasteiger charge is -2.05. The Bertz CT molecular complexity index is 709. The largest absolute Gasteiger partial charge is 0.279 e. The number of halogens is 1. The van der Waals surface area contributed by atoms with E-state index in [1.807, 2.05) is 0 Å². The first kappa shape index (κ1) is 13.8. The number of nitro benzene ring substituents is 1. The number of hydrogen-bond donors (Lipinski definition) is 1. The molecule has 1 heterocycles. The molecule has 0 spiro atoms. The van der Waals surface area contributed by atoms with Gasteiger partial charge >= 0.3 is 0 Å². The second-order valence-corrected chi connectivity index (χ2v) is 7.09. The van der Waals surface area contributed by atoms with Crippen LogP contribution in [0.15, 0.2) is 40.6 Å². The van der Waals surface area contributed by atoms with Crippen LogP contribution in [0.2, 0.25) is 4.34 Å². The molecule has 0 fully saturated rings. The van der Waals surface area contributed by atoms with Gasteiger partial charge in [-0.2, -0.15) is 0 Å². The lowest BCUT2D eigenvalue weighted by atomic mass is 10.3. The van der Waals surface area contributed by atoms with Crippen LogP contribution in [0.3, 0.4) is 0 Å². The molecule has 0 aliphatic carbocycles. The molecule has 0 aliphatic rings. The quantitative estimate of drug-likeness (QED) is 0.692. The zero-order valence-corrected chi connectivity index (χ0v) is 11.6. The molecule has 6 nitrogen and oxygen atoms in total. The van der Waals surface area contributed by atoms with Crippen molar-refractivity contribution >= 4 is 44.3 Å². The maximum absolute atomic E-state index is 11.9. The van der Waals surface area contributed by atoms with Crippen molar-refractivity contribution in [3.05, 3.63) is 50.8 Å². The van der Waals surface area contributed by atoms with E-state index in [1.165, 1.54) is 36.4 Å². The summed E-state index contributed by atoms with van der Waals surface area (Å²) in [5, 5.41) is 10.5. The summed E-state index contributed by atoms with van der Waals surface area (Å²) in [7, 11) is -3.71. The standard InChI is InChI=1S/C10H7ClN2O4S2/c11-9-5-6-10(18-9)19(16,17)12-7-1-3-8(4-2-7)13(14)15/h1-6,12H. The van der Waals surface area contributed by atoms with Gasteiger partial charge in [0.25, 0.3) is 15.7 Å². The Kier molecular flexibility index (Phi) is 3.74. The number of benzene rings is 1. The van der Waals surface area contributed by atoms with Gasteiger partial charge < -0.3 is 0 Å². The topological polar surface area (TPSA) is 89.3 Å². The smallest absolute Gasteiger partial charge is 0.271 e. The average molecular weight is 319 g/mol. The molecule has 0 saturated carbocycles. The third-order valence-electron chi connectivity index (χ3n) is 2.14. The van der Waals surface area contributed by atoms with Crippen LogP contribution in [0.5, 0.6) is 0 Å². The molecule has 19 heavy (non-hydrogen) atoms. The van der Waals surface area contributed by atoms with E-state index in [9.17, 15) is 18.5 Å². The van der Waals surface area contributed by atoms with Gasteiger partial charge in [0.05, 0.1) is 9.26 Å². The van der Waals surface area contributed by atoms with Crippen LogP contribution in [-0.4, -0.2) is 13.3 Å². The number of rotatable bonds is 4. The van der Waals surface area contributed by atoms with E-state index in [4.69, 9.17) is 11.6 Å². The van der Waals surface area contributed by atoms with E-state index < -0.39 is 14.9 Å². The summed E-state index contributed by atoms with van der Waals surface area (Å²) in [5.41, 5.74) is 0.136. The highest BCUT2D eigenvalue weighted by Gasteiger charge is 2.17. The van der Waals surface area contributed by atoms with Crippen molar-refractivity contribution in [3.63, 3.8) is 0 Å². The first-order valence-corrected chi connectivity index (χ1v) is 7.59. The van der Waals surface area contributed by atoms with Crippen molar-refractivity contribution in [2.45, 2.75) is 4.21 Å². The molecular formula is C10H7ClN2O4S2. The fourth-order valence-corrected chi connectivity index (χ4v) is 3.84. The Labute approximate surface area is 117 Å². The van der Waals surface area contributed by atoms with Crippen molar-refractivity contribution in [3.8, 4) is 0 Å². The highest BCUT2D eigenvalue weighted by atomic mass is 35.5. The minimum Gasteiger partial charge on any atom is -0.279 e. The van der Waals surface area contributed by atoms with Crippen LogP contribution in [0.1, 0.15) is 0 Å². The predicted octanol–water partition coefficient (Wildman–Crippen LogP) is 3.11. The van der Waals surface area contributed by atoms with Gasteiger partial charge in [-0.3, -0.25) is 14.8 Å². The number of hydrogen-bond acceptors (Lipinski definition) is 5. The first-order chi connectivity index (χ1) is 8.88. The van der Waals surface area contributed by atoms with Crippen LogP contribution in [0, 0.1) is 10.1 Å². The highest BCUT2D eigenvalue weighted by molar-refractivity contribution is 7.94. The van der Waals surface area contributed by atoms with E-state index in [-0.39, 0.29) is 15.6 Å². The molecule has 0 atom stereocenters. The third kappa shape index (κ3) is 3.22. The zero-order chi connectivity index (χ0) is 14.0. The second kappa shape index (κ2) is 5.16. The maximum Gasteiger partial charge on any atom is 0.271 e. The van der Waals surface area contributed by atoms with Crippen LogP contribution in [0.4, 0.5) is 11.4 Å². The van der Waals surface area contributed by atoms with Gasteiger partial charge in [-0.15, -0.1) is 11.3 Å². The monoisotopic (exact) mass is 318 g/mol. The van der Waals surface area contributed by atoms with Gasteiger partial charge in [-0.1, -0.05) is 11.6 Å². The van der Waals surface area contributed by atoms with Crippen LogP contribution >= 0.6 is 22.9 Å². The van der Waals surface area contributed by atoms with Crippen molar-refractivity contribution in [1.82, 2.24) is 0 Å². The number of sulfonamides is 1. The highest BCUT2D eigenvalue weighted by Crippen LogP contribution is 2.27. The van der Waals surface area contributed by atoms with Crippen molar-refractivity contribution < 1.29 is 13.3 Å². The molecule has 9 heteroatoms. The number of nitro groups is 1. The number of nitrogens with zero attached hydrogens (tertiary/aromatic N) is 1. The first-order valence-electron chi connectivity index (χ1n) is 4.91. The maximum atomic E-state index is 11.9. The van der Waals surface area contributed by atoms with E-state index in [0.29, 0.717) is 4.34 Å². The van der Waals surface area contributed by atoms with E-state index >= 15 is 0 Å². The van der Waals surface area contributed by atoms with Crippen molar-refractivity contribution in [1.29, 1.82) is 0 Å². The van der Waals surface area contributed by atoms with E-state index in [2.05, 4.69) is 4.72 Å². The average Bonchev–Trinajstić information content (AvgIpc) is 2.77. The summed E-state index contributed by atoms with van der Waals surface area (Å²) in [5.74, 6) is 0. The molecule has 0 saturated heterocycles. The predicted molar refractivity (Wildman–Crippen MR) is 73.2 cm³/mol. The molecule has 1 aromatic carbocycles. The van der Waals surface area contributed by atoms with Crippen molar-refractivity contribution in [2.75, 3.05) is 4.72 Å². The second-order valence-electron chi connectivity index (χ2n) is 3.47. The summed E-state index contributed by atoms with van der Waals surface area (Å²) in [6.45, 7) is 0. The molecule has 0 radical (unpaired) electrons. The minimum absolute atomic E-state index is 0.0795. The summed E-state index contributed by atoms with van der Waals surface area (Å²) < 4.78 is 26.6. The summed E-state index contributed by atoms with van der Waals surface area (Å²) >= 11 is 6.61. The van der Waals surface area contributed by atoms with E-state index in [1.54, 1.807) is 0 Å². The molecule has 2 rings (SSSR count). The molecule has 0 unspecified atom stereocenters. The number of anilines is 1. The fraction of sp³-hybridized carbons (Fsp3) is 0. The van der Waals surface area contributed by atoms with Gasteiger partial charge in [-0.25, -0.2) is 8.42 Å². The number of thiophene rings is 1. The Hall–Kier alpha value is -1.64. The Balaban J connectivity index is 2.23. The third-order valence-corrected chi connectivity index (χ3v) is 5.25. The zero-order valence-electron chi connectivity index (χ0n) is 9.24. The van der Waals surface area contributed by atoms with Crippen LogP contribution < -0.4 is 4.72 Å². The molecular weight excluding hydrogens is 312 g/mol. The van der Waals surface area contributed by atoms with Crippen LogP contribution in [0.25, 0.3) is 0 Å². The Morgan fingerprint density at radius 1 is 1.16 bits per heavy atom. The number of nitrogens with one attached hydrogen (secondary N) is 1. The molecule has 0 amide bonds. The Morgan fingerprint density at radius 2 is 1.79 bits per heavy atom. The Morgan fingerprint density at radius 3 is 2.26 bits per heavy atom. The molecule has 0 aliphatic heterocycles. The van der Waals surface area contributed by atoms with Gasteiger partial charge in [-0.05, 0) is 24.3 Å².